The molecule has 0 unspecified atom stereocenters. The molecule has 0 atom stereocenters. The van der Waals surface area contributed by atoms with E-state index in [1.54, 1.807) is 32.2 Å². The smallest absolute Gasteiger partial charge is 0.341 e. The molecule has 0 aromatic heterocycles. The van der Waals surface area contributed by atoms with Crippen molar-refractivity contribution in [3.63, 3.8) is 0 Å². The third kappa shape index (κ3) is 5.06. The summed E-state index contributed by atoms with van der Waals surface area (Å²) in [6, 6.07) is 5.39. The summed E-state index contributed by atoms with van der Waals surface area (Å²) in [5, 5.41) is 0.532. The molecule has 0 aliphatic rings. The Balaban J connectivity index is 3.20. The molecule has 0 bridgehead atoms. The van der Waals surface area contributed by atoms with Gasteiger partial charge in [0.1, 0.15) is 17.1 Å². The van der Waals surface area contributed by atoms with Gasteiger partial charge in [-0.25, -0.2) is 4.79 Å². The van der Waals surface area contributed by atoms with E-state index in [1.807, 2.05) is 12.1 Å². The molecule has 0 amide bonds. The minimum atomic E-state index is -0.509. The van der Waals surface area contributed by atoms with Gasteiger partial charge < -0.3 is 18.9 Å². The molecule has 0 N–H and O–H groups in total. The summed E-state index contributed by atoms with van der Waals surface area (Å²) in [4.78, 5) is 11.8. The maximum atomic E-state index is 11.8. The molecule has 1 rings (SSSR count). The highest BCUT2D eigenvalue weighted by Crippen LogP contribution is 2.26. The van der Waals surface area contributed by atoms with Crippen molar-refractivity contribution in [1.29, 1.82) is 0 Å². The van der Waals surface area contributed by atoms with Crippen molar-refractivity contribution in [2.45, 2.75) is 6.92 Å². The highest BCUT2D eigenvalue weighted by molar-refractivity contribution is 6.32. The van der Waals surface area contributed by atoms with Crippen molar-refractivity contribution in [2.75, 3.05) is 28.4 Å². The van der Waals surface area contributed by atoms with E-state index in [1.165, 1.54) is 27.6 Å². The summed E-state index contributed by atoms with van der Waals surface area (Å²) in [6.07, 6.45) is 4.88. The van der Waals surface area contributed by atoms with E-state index in [2.05, 4.69) is 0 Å². The Kier molecular flexibility index (Phi) is 7.92. The summed E-state index contributed by atoms with van der Waals surface area (Å²) in [7, 11) is 5.84. The Bertz CT molecular complexity index is 674. The number of carbonyl (C=O) groups is 1. The van der Waals surface area contributed by atoms with Crippen LogP contribution in [0.15, 0.2) is 47.4 Å². The largest absolute Gasteiger partial charge is 0.503 e. The second-order valence-electron chi connectivity index (χ2n) is 4.68. The van der Waals surface area contributed by atoms with Gasteiger partial charge in [-0.3, -0.25) is 0 Å². The predicted octanol–water partition coefficient (Wildman–Crippen LogP) is 3.99. The van der Waals surface area contributed by atoms with Gasteiger partial charge in [0.2, 0.25) is 0 Å². The number of esters is 1. The molecular formula is C18H21ClO5. The zero-order chi connectivity index (χ0) is 18.1. The van der Waals surface area contributed by atoms with Gasteiger partial charge in [0, 0.05) is 5.57 Å². The van der Waals surface area contributed by atoms with Crippen LogP contribution in [-0.4, -0.2) is 34.4 Å². The highest BCUT2D eigenvalue weighted by atomic mass is 35.5. The third-order valence-electron chi connectivity index (χ3n) is 3.24. The van der Waals surface area contributed by atoms with E-state index < -0.39 is 5.97 Å². The van der Waals surface area contributed by atoms with Gasteiger partial charge in [-0.2, -0.15) is 0 Å². The normalized spacial score (nSPS) is 12.7. The van der Waals surface area contributed by atoms with Crippen molar-refractivity contribution >= 4 is 23.6 Å². The van der Waals surface area contributed by atoms with Crippen molar-refractivity contribution in [3.05, 3.63) is 58.0 Å². The number of carbonyl (C=O) groups excluding carboxylic acids is 1. The maximum Gasteiger partial charge on any atom is 0.341 e. The van der Waals surface area contributed by atoms with E-state index in [0.29, 0.717) is 22.1 Å². The van der Waals surface area contributed by atoms with Crippen LogP contribution in [0.25, 0.3) is 6.08 Å². The van der Waals surface area contributed by atoms with Gasteiger partial charge in [0.15, 0.2) is 0 Å². The van der Waals surface area contributed by atoms with Crippen LogP contribution in [0.5, 0.6) is 5.75 Å². The molecule has 1 aromatic carbocycles. The lowest BCUT2D eigenvalue weighted by Gasteiger charge is -2.10. The molecule has 6 heteroatoms. The van der Waals surface area contributed by atoms with Crippen LogP contribution in [0.2, 0.25) is 5.02 Å². The Morgan fingerprint density at radius 2 is 1.83 bits per heavy atom. The molecule has 0 saturated carbocycles. The number of methoxy groups -OCH3 is 4. The van der Waals surface area contributed by atoms with Crippen LogP contribution in [0.3, 0.4) is 0 Å². The van der Waals surface area contributed by atoms with Crippen LogP contribution in [-0.2, 0) is 19.0 Å². The summed E-state index contributed by atoms with van der Waals surface area (Å²) >= 11 is 6.01. The lowest BCUT2D eigenvalue weighted by molar-refractivity contribution is -0.136. The lowest BCUT2D eigenvalue weighted by atomic mass is 10.1. The van der Waals surface area contributed by atoms with E-state index in [-0.39, 0.29) is 5.57 Å². The fourth-order valence-corrected chi connectivity index (χ4v) is 2.14. The van der Waals surface area contributed by atoms with Gasteiger partial charge in [0.25, 0.3) is 0 Å². The zero-order valence-electron chi connectivity index (χ0n) is 14.4. The second-order valence-corrected chi connectivity index (χ2v) is 5.09. The Hall–Kier alpha value is -2.40. The van der Waals surface area contributed by atoms with Crippen molar-refractivity contribution < 1.29 is 23.7 Å². The molecule has 0 aliphatic carbocycles. The summed E-state index contributed by atoms with van der Waals surface area (Å²) in [6.45, 7) is 1.74. The number of allylic oxidation sites excluding steroid dienone is 1. The van der Waals surface area contributed by atoms with E-state index in [4.69, 9.17) is 30.5 Å². The zero-order valence-corrected chi connectivity index (χ0v) is 15.1. The van der Waals surface area contributed by atoms with E-state index in [0.717, 1.165) is 5.56 Å². The monoisotopic (exact) mass is 352 g/mol. The Labute approximate surface area is 147 Å². The third-order valence-corrected chi connectivity index (χ3v) is 3.55. The summed E-state index contributed by atoms with van der Waals surface area (Å²) in [5.41, 5.74) is 1.73. The van der Waals surface area contributed by atoms with Gasteiger partial charge in [-0.1, -0.05) is 23.7 Å². The van der Waals surface area contributed by atoms with Crippen LogP contribution in [0.1, 0.15) is 12.5 Å². The van der Waals surface area contributed by atoms with Gasteiger partial charge in [-0.05, 0) is 30.7 Å². The quantitative estimate of drug-likeness (QED) is 0.321. The standard InChI is InChI=1S/C18H21ClO5/c1-12(14(11-21-2)18(20)24-5)16(22-3)9-7-13-6-8-15(19)17(10-13)23-4/h6-11H,1-5H3/b9-7+,14-11+,16-12+. The number of benzene rings is 1. The Morgan fingerprint density at radius 1 is 1.12 bits per heavy atom. The minimum absolute atomic E-state index is 0.273. The summed E-state index contributed by atoms with van der Waals surface area (Å²) < 4.78 is 20.2. The minimum Gasteiger partial charge on any atom is -0.503 e. The number of hydrogen-bond donors (Lipinski definition) is 0. The first-order valence-electron chi connectivity index (χ1n) is 7.06. The fourth-order valence-electron chi connectivity index (χ4n) is 1.95. The van der Waals surface area contributed by atoms with Crippen molar-refractivity contribution in [3.8, 4) is 5.75 Å². The highest BCUT2D eigenvalue weighted by Gasteiger charge is 2.16. The van der Waals surface area contributed by atoms with E-state index in [9.17, 15) is 4.79 Å². The van der Waals surface area contributed by atoms with Gasteiger partial charge >= 0.3 is 5.97 Å². The SMILES string of the molecule is CO\C=C(C(=O)OC)/C(C)=C(\C=C\c1ccc(Cl)c(OC)c1)OC. The molecule has 0 radical (unpaired) electrons. The number of ether oxygens (including phenoxy) is 4. The van der Waals surface area contributed by atoms with Crippen molar-refractivity contribution in [2.24, 2.45) is 0 Å². The molecule has 5 nitrogen and oxygen atoms in total. The van der Waals surface area contributed by atoms with Crippen molar-refractivity contribution in [1.82, 2.24) is 0 Å². The first-order chi connectivity index (χ1) is 11.5. The summed E-state index contributed by atoms with van der Waals surface area (Å²) in [5.74, 6) is 0.566. The molecular weight excluding hydrogens is 332 g/mol. The van der Waals surface area contributed by atoms with Crippen LogP contribution < -0.4 is 4.74 Å². The number of rotatable bonds is 7. The number of hydrogen-bond acceptors (Lipinski definition) is 5. The predicted molar refractivity (Wildman–Crippen MR) is 93.9 cm³/mol. The molecule has 130 valence electrons. The van der Waals surface area contributed by atoms with E-state index >= 15 is 0 Å². The Morgan fingerprint density at radius 3 is 2.38 bits per heavy atom. The molecule has 0 heterocycles. The van der Waals surface area contributed by atoms with Gasteiger partial charge in [0.05, 0.1) is 39.7 Å². The fraction of sp³-hybridized carbons (Fsp3) is 0.278. The molecule has 0 spiro atoms. The van der Waals surface area contributed by atoms with Crippen LogP contribution in [0, 0.1) is 0 Å². The van der Waals surface area contributed by atoms with Crippen LogP contribution >= 0.6 is 11.6 Å². The first-order valence-corrected chi connectivity index (χ1v) is 7.44. The number of halogens is 1. The van der Waals surface area contributed by atoms with Crippen LogP contribution in [0.4, 0.5) is 0 Å². The molecule has 0 saturated heterocycles. The molecule has 24 heavy (non-hydrogen) atoms. The maximum absolute atomic E-state index is 11.8. The molecule has 0 aliphatic heterocycles. The average molecular weight is 353 g/mol. The first kappa shape index (κ1) is 19.6. The lowest BCUT2D eigenvalue weighted by Crippen LogP contribution is -2.08. The van der Waals surface area contributed by atoms with Gasteiger partial charge in [-0.15, -0.1) is 0 Å². The second kappa shape index (κ2) is 9.67. The average Bonchev–Trinajstić information content (AvgIpc) is 2.60. The molecule has 0 fully saturated rings. The molecule has 1 aromatic rings. The topological polar surface area (TPSA) is 54.0 Å².